The van der Waals surface area contributed by atoms with Crippen LogP contribution in [0.5, 0.6) is 0 Å². The molecule has 0 saturated carbocycles. The number of nitrogens with one attached hydrogen (secondary N) is 5. The van der Waals surface area contributed by atoms with Gasteiger partial charge in [0.1, 0.15) is 79.2 Å². The lowest BCUT2D eigenvalue weighted by atomic mass is 9.97. The third-order valence-corrected chi connectivity index (χ3v) is 21.0. The van der Waals surface area contributed by atoms with Crippen molar-refractivity contribution in [1.82, 2.24) is 101 Å². The summed E-state index contributed by atoms with van der Waals surface area (Å²) in [5, 5.41) is 172. The number of carbonyl (C=O) groups excluding carboxylic acids is 8. The molecule has 4 aromatic rings. The monoisotopic (exact) mass is 1830 g/mol. The first-order valence-electron chi connectivity index (χ1n) is 41.9. The van der Waals surface area contributed by atoms with E-state index >= 15 is 4.79 Å². The molecule has 53 heteroatoms. The van der Waals surface area contributed by atoms with Crippen molar-refractivity contribution in [3.05, 3.63) is 58.7 Å². The van der Waals surface area contributed by atoms with Gasteiger partial charge in [-0.1, -0.05) is 27.3 Å². The average Bonchev–Trinajstić information content (AvgIpc) is 0.935. The normalized spacial score (nSPS) is 26.5. The summed E-state index contributed by atoms with van der Waals surface area (Å²) >= 11 is 0. The van der Waals surface area contributed by atoms with Crippen molar-refractivity contribution in [1.29, 1.82) is 0 Å². The van der Waals surface area contributed by atoms with Crippen molar-refractivity contribution < 1.29 is 161 Å². The number of cyclic esters (lactones) is 2. The van der Waals surface area contributed by atoms with Crippen LogP contribution >= 0.6 is 0 Å². The van der Waals surface area contributed by atoms with Crippen LogP contribution in [0.1, 0.15) is 89.5 Å². The predicted molar refractivity (Wildman–Crippen MR) is 424 cm³/mol. The third-order valence-electron chi connectivity index (χ3n) is 21.0. The summed E-state index contributed by atoms with van der Waals surface area (Å²) in [7, 11) is 0. The zero-order chi connectivity index (χ0) is 92.5. The molecule has 6 amide bonds. The molecule has 0 spiro atoms. The minimum absolute atomic E-state index is 0.0177. The van der Waals surface area contributed by atoms with Crippen LogP contribution in [-0.4, -0.2) is 432 Å². The standard InChI is InChI=1S/C75H120N20O33/c1-42-51(71(115)128-70(42)114)9-10-57(104)76-11-12-77-67(111)52(90(33-50-37-94(88-84-50)17-21-119-25-29-123-75-69(113)95(46(5)103)68(112)56(41-99)127-75)32-49-36-93(87-83-49)16-20-118-24-28-122-74-60(80-45(4)102)66(110)63(107)55(40-98)126-74)8-6-7-13-89(30-47-34-91(85-81-47)14-18-116-22-26-120-72-58(78-43(2)100)64(108)61(105)53(38-96)124-72)31-48-35-92(86-82-48)15-19-117-23-27-121-73-59(79-44(3)101)65(109)62(106)54(39-97)125-73/h34-37,52-56,58-66,68-69,72-75,96-99,105-110,112-113H,6-33,38-41H2,1-5H3,(H,76,104)(H,77,111)(H,78,100)(H,79,101)(H,80,102)/t52-,53?,54?,55?,56?,58?,59?,60?,61?,62?,63?,64?,65?,66?,68?,69?,72?,73?,74?,75?/m0/s1. The number of carbonyl (C=O) groups is 8. The van der Waals surface area contributed by atoms with E-state index in [2.05, 4.69) is 72.6 Å². The van der Waals surface area contributed by atoms with Crippen LogP contribution in [0.25, 0.3) is 0 Å². The van der Waals surface area contributed by atoms with E-state index in [0.29, 0.717) is 42.2 Å². The summed E-state index contributed by atoms with van der Waals surface area (Å²) in [6.07, 6.45) is -14.9. The lowest BCUT2D eigenvalue weighted by Crippen LogP contribution is -2.64. The number of morpholine rings is 1. The van der Waals surface area contributed by atoms with E-state index in [1.807, 2.05) is 9.80 Å². The van der Waals surface area contributed by atoms with Gasteiger partial charge in [0, 0.05) is 109 Å². The predicted octanol–water partition coefficient (Wildman–Crippen LogP) is -11.1. The number of unbranched alkanes of at least 4 members (excludes halogenated alkanes) is 1. The minimum Gasteiger partial charge on any atom is -0.394 e. The fourth-order valence-corrected chi connectivity index (χ4v) is 14.4. The Morgan fingerprint density at radius 1 is 0.453 bits per heavy atom. The molecule has 0 radical (unpaired) electrons. The molecule has 0 bridgehead atoms. The second-order valence-corrected chi connectivity index (χ2v) is 30.7. The molecule has 0 aromatic carbocycles. The van der Waals surface area contributed by atoms with Crippen LogP contribution in [0.3, 0.4) is 0 Å². The number of aliphatic hydroxyl groups is 12. The largest absolute Gasteiger partial charge is 0.394 e. The van der Waals surface area contributed by atoms with Gasteiger partial charge in [-0.05, 0) is 32.7 Å². The molecule has 53 nitrogen and oxygen atoms in total. The first-order chi connectivity index (χ1) is 61.5. The molecule has 19 unspecified atom stereocenters. The van der Waals surface area contributed by atoms with E-state index in [1.165, 1.54) is 37.1 Å². The van der Waals surface area contributed by atoms with Crippen LogP contribution < -0.4 is 26.6 Å². The summed E-state index contributed by atoms with van der Waals surface area (Å²) in [4.78, 5) is 105. The summed E-state index contributed by atoms with van der Waals surface area (Å²) in [5.74, 6) is -4.83. The molecule has 4 saturated heterocycles. The maximum Gasteiger partial charge on any atom is 0.342 e. The first-order valence-corrected chi connectivity index (χ1v) is 41.9. The highest BCUT2D eigenvalue weighted by molar-refractivity contribution is 6.12. The van der Waals surface area contributed by atoms with E-state index in [-0.39, 0.29) is 175 Å². The van der Waals surface area contributed by atoms with Gasteiger partial charge in [-0.2, -0.15) is 0 Å². The Balaban J connectivity index is 0.895. The van der Waals surface area contributed by atoms with Crippen molar-refractivity contribution in [2.45, 2.75) is 242 Å². The number of ether oxygens (including phenoxy) is 13. The Morgan fingerprint density at radius 3 is 1.18 bits per heavy atom. The topological polar surface area (TPSA) is 692 Å². The Labute approximate surface area is 733 Å². The van der Waals surface area contributed by atoms with E-state index in [1.54, 1.807) is 34.2 Å². The molecule has 9 rings (SSSR count). The molecule has 20 atom stereocenters. The van der Waals surface area contributed by atoms with Gasteiger partial charge in [0.2, 0.25) is 41.7 Å². The average molecular weight is 1830 g/mol. The summed E-state index contributed by atoms with van der Waals surface area (Å²) < 4.78 is 79.6. The van der Waals surface area contributed by atoms with Gasteiger partial charge in [0.05, 0.1) is 161 Å². The fourth-order valence-electron chi connectivity index (χ4n) is 14.4. The fraction of sp³-hybridized carbons (Fsp3) is 0.760. The van der Waals surface area contributed by atoms with Gasteiger partial charge in [0.15, 0.2) is 31.3 Å². The zero-order valence-electron chi connectivity index (χ0n) is 71.6. The zero-order valence-corrected chi connectivity index (χ0v) is 71.6. The molecule has 17 N–H and O–H groups in total. The molecule has 9 heterocycles. The molecule has 718 valence electrons. The summed E-state index contributed by atoms with van der Waals surface area (Å²) in [6.45, 7) is 4.93. The van der Waals surface area contributed by atoms with E-state index in [0.717, 1.165) is 11.8 Å². The van der Waals surface area contributed by atoms with Gasteiger partial charge in [-0.3, -0.25) is 43.5 Å². The highest BCUT2D eigenvalue weighted by Crippen LogP contribution is 2.28. The molecule has 0 aliphatic carbocycles. The van der Waals surface area contributed by atoms with Gasteiger partial charge in [0.25, 0.3) is 0 Å². The Hall–Kier alpha value is -8.78. The Bertz CT molecular complexity index is 4050. The second kappa shape index (κ2) is 52.3. The number of nitrogens with zero attached hydrogens (tertiary/aromatic N) is 15. The number of amides is 6. The summed E-state index contributed by atoms with van der Waals surface area (Å²) in [6, 6.07) is -4.46. The van der Waals surface area contributed by atoms with Crippen LogP contribution in [0.15, 0.2) is 35.9 Å². The van der Waals surface area contributed by atoms with Crippen LogP contribution in [0, 0.1) is 0 Å². The first kappa shape index (κ1) is 103. The number of hydrogen-bond acceptors (Lipinski definition) is 43. The number of rotatable bonds is 56. The Kier molecular flexibility index (Phi) is 42.1. The van der Waals surface area contributed by atoms with Crippen molar-refractivity contribution in [3.8, 4) is 0 Å². The van der Waals surface area contributed by atoms with Crippen molar-refractivity contribution in [2.75, 3.05) is 125 Å². The molecular weight excluding hydrogens is 1710 g/mol. The second-order valence-electron chi connectivity index (χ2n) is 30.7. The van der Waals surface area contributed by atoms with Gasteiger partial charge >= 0.3 is 11.9 Å². The highest BCUT2D eigenvalue weighted by atomic mass is 16.7. The molecule has 4 fully saturated rings. The molecule has 128 heavy (non-hydrogen) atoms. The number of esters is 2. The molecule has 5 aliphatic rings. The number of aromatic nitrogens is 12. The smallest absolute Gasteiger partial charge is 0.342 e. The van der Waals surface area contributed by atoms with Gasteiger partial charge in [-0.25, -0.2) is 28.3 Å². The number of aliphatic hydroxyl groups excluding tert-OH is 12. The van der Waals surface area contributed by atoms with E-state index in [9.17, 15) is 94.8 Å². The van der Waals surface area contributed by atoms with Crippen molar-refractivity contribution >= 4 is 47.4 Å². The molecular formula is C75H120N20O33. The third kappa shape index (κ3) is 30.9. The summed E-state index contributed by atoms with van der Waals surface area (Å²) in [5.41, 5.74) is 2.03. The maximum absolute atomic E-state index is 15.1. The van der Waals surface area contributed by atoms with E-state index < -0.39 is 197 Å². The minimum atomic E-state index is -1.70. The quantitative estimate of drug-likeness (QED) is 0.0111. The lowest BCUT2D eigenvalue weighted by Gasteiger charge is -2.44. The van der Waals surface area contributed by atoms with Gasteiger partial charge in [-0.15, -0.1) is 20.4 Å². The van der Waals surface area contributed by atoms with Gasteiger partial charge < -0.3 is 149 Å². The van der Waals surface area contributed by atoms with Crippen LogP contribution in [0.4, 0.5) is 0 Å². The molecule has 4 aromatic heterocycles. The van der Waals surface area contributed by atoms with Crippen molar-refractivity contribution in [3.63, 3.8) is 0 Å². The van der Waals surface area contributed by atoms with Crippen LogP contribution in [-0.2, 0) is 152 Å². The Morgan fingerprint density at radius 2 is 0.820 bits per heavy atom. The van der Waals surface area contributed by atoms with E-state index in [4.69, 9.17) is 56.8 Å². The lowest BCUT2D eigenvalue weighted by molar-refractivity contribution is -0.325. The van der Waals surface area contributed by atoms with Crippen molar-refractivity contribution in [2.24, 2.45) is 0 Å². The van der Waals surface area contributed by atoms with Crippen LogP contribution in [0.2, 0.25) is 0 Å². The highest BCUT2D eigenvalue weighted by Gasteiger charge is 2.49. The maximum atomic E-state index is 15.1. The number of hydrogen-bond donors (Lipinski definition) is 17. The SMILES string of the molecule is CC(=O)NC1C(OCCOCCn2cc(CN(CCCC[C@@H](C(=O)NCCNC(=O)CCC3=C(C)C(=O)OC3=O)N(Cc3cn(CCOCCOC4OC(CO)C(O)C(O)C4NC(C)=O)nn3)Cc3cn(CCOCCOC4OC(CO)C(O)N(C(C)=O)C4O)nn3)Cc3cn(CCOCCOC4OC(CO)C(O)C(O)C4NC(C)=O)nn3)nn2)OC(CO)C(O)C1O. The molecule has 5 aliphatic heterocycles.